The number of nitroso groups, excluding NO2 is 1. The van der Waals surface area contributed by atoms with E-state index in [-0.39, 0.29) is 13.1 Å². The minimum absolute atomic E-state index is 0.280. The van der Waals surface area contributed by atoms with Crippen molar-refractivity contribution in [2.75, 3.05) is 12.7 Å². The van der Waals surface area contributed by atoms with Crippen molar-refractivity contribution in [3.05, 3.63) is 35.0 Å². The Morgan fingerprint density at radius 2 is 2.38 bits per heavy atom. The van der Waals surface area contributed by atoms with Gasteiger partial charge >= 0.3 is 6.03 Å². The Morgan fingerprint density at radius 1 is 1.56 bits per heavy atom. The van der Waals surface area contributed by atoms with Gasteiger partial charge in [0.2, 0.25) is 0 Å². The van der Waals surface area contributed by atoms with Crippen molar-refractivity contribution in [1.29, 1.82) is 0 Å². The van der Waals surface area contributed by atoms with Crippen LogP contribution >= 0.6 is 9.24 Å². The van der Waals surface area contributed by atoms with Gasteiger partial charge in [0, 0.05) is 6.20 Å². The van der Waals surface area contributed by atoms with Crippen LogP contribution < -0.4 is 5.32 Å². The molecule has 86 valence electrons. The Morgan fingerprint density at radius 3 is 2.94 bits per heavy atom. The largest absolute Gasteiger partial charge is 0.340 e. The molecule has 0 aliphatic carbocycles. The van der Waals surface area contributed by atoms with Gasteiger partial charge in [0.25, 0.3) is 0 Å². The maximum atomic E-state index is 11.4. The molecule has 0 bridgehead atoms. The number of nitrogens with zero attached hydrogens (tertiary/aromatic N) is 3. The van der Waals surface area contributed by atoms with E-state index in [1.807, 2.05) is 6.07 Å². The molecule has 1 rings (SSSR count). The topological polar surface area (TPSA) is 74.7 Å². The number of amides is 2. The van der Waals surface area contributed by atoms with Crippen LogP contribution in [0.1, 0.15) is 5.69 Å². The van der Waals surface area contributed by atoms with Crippen molar-refractivity contribution < 1.29 is 4.79 Å². The van der Waals surface area contributed by atoms with Gasteiger partial charge in [0.1, 0.15) is 0 Å². The molecule has 0 saturated heterocycles. The van der Waals surface area contributed by atoms with Gasteiger partial charge in [-0.1, -0.05) is 6.07 Å². The molecule has 0 aliphatic rings. The highest BCUT2D eigenvalue weighted by Crippen LogP contribution is 1.96. The van der Waals surface area contributed by atoms with Crippen LogP contribution in [0.4, 0.5) is 4.79 Å². The highest BCUT2D eigenvalue weighted by Gasteiger charge is 2.11. The van der Waals surface area contributed by atoms with E-state index in [4.69, 9.17) is 0 Å². The summed E-state index contributed by atoms with van der Waals surface area (Å²) in [4.78, 5) is 25.8. The van der Waals surface area contributed by atoms with Crippen LogP contribution in [0.3, 0.4) is 0 Å². The molecule has 6 nitrogen and oxygen atoms in total. The molecule has 1 atom stereocenters. The normalized spacial score (nSPS) is 9.56. The summed E-state index contributed by atoms with van der Waals surface area (Å²) in [5.41, 5.74) is 0.729. The summed E-state index contributed by atoms with van der Waals surface area (Å²) in [7, 11) is 2.42. The van der Waals surface area contributed by atoms with Gasteiger partial charge < -0.3 is 5.32 Å². The van der Waals surface area contributed by atoms with E-state index in [2.05, 4.69) is 24.8 Å². The molecule has 16 heavy (non-hydrogen) atoms. The van der Waals surface area contributed by atoms with Crippen LogP contribution in [-0.4, -0.2) is 28.7 Å². The van der Waals surface area contributed by atoms with Gasteiger partial charge in [-0.3, -0.25) is 4.98 Å². The van der Waals surface area contributed by atoms with E-state index >= 15 is 0 Å². The molecule has 1 heterocycles. The molecular formula is C9H13N4O2P. The van der Waals surface area contributed by atoms with E-state index in [0.29, 0.717) is 6.16 Å². The maximum Gasteiger partial charge on any atom is 0.340 e. The van der Waals surface area contributed by atoms with E-state index < -0.39 is 6.03 Å². The van der Waals surface area contributed by atoms with E-state index in [1.165, 1.54) is 0 Å². The predicted molar refractivity (Wildman–Crippen MR) is 63.6 cm³/mol. The monoisotopic (exact) mass is 240 g/mol. The molecule has 0 aliphatic heterocycles. The third-order valence-electron chi connectivity index (χ3n) is 1.82. The minimum Gasteiger partial charge on any atom is -0.331 e. The molecule has 0 spiro atoms. The predicted octanol–water partition coefficient (Wildman–Crippen LogP) is 1.15. The molecule has 1 unspecified atom stereocenters. The molecule has 1 N–H and O–H groups in total. The SMILES string of the molecule is O=NN(CCP)C(=O)NCc1ccccn1. The molecule has 0 saturated carbocycles. The quantitative estimate of drug-likeness (QED) is 0.476. The molecule has 2 amide bonds. The molecular weight excluding hydrogens is 227 g/mol. The zero-order chi connectivity index (χ0) is 11.8. The first-order valence-electron chi connectivity index (χ1n) is 4.76. The lowest BCUT2D eigenvalue weighted by Crippen LogP contribution is -2.37. The Hall–Kier alpha value is -1.55. The Bertz CT molecular complexity index is 347. The van der Waals surface area contributed by atoms with Crippen molar-refractivity contribution >= 4 is 15.3 Å². The van der Waals surface area contributed by atoms with Crippen LogP contribution in [0.25, 0.3) is 0 Å². The number of hydrogen-bond donors (Lipinski definition) is 1. The van der Waals surface area contributed by atoms with Gasteiger partial charge in [-0.2, -0.15) is 5.01 Å². The van der Waals surface area contributed by atoms with Crippen molar-refractivity contribution in [1.82, 2.24) is 15.3 Å². The highest BCUT2D eigenvalue weighted by atomic mass is 31.0. The van der Waals surface area contributed by atoms with Crippen LogP contribution in [0, 0.1) is 4.91 Å². The molecule has 1 aromatic heterocycles. The van der Waals surface area contributed by atoms with Gasteiger partial charge in [-0.15, -0.1) is 14.1 Å². The summed E-state index contributed by atoms with van der Waals surface area (Å²) < 4.78 is 0. The van der Waals surface area contributed by atoms with E-state index in [1.54, 1.807) is 18.3 Å². The number of rotatable bonds is 5. The lowest BCUT2D eigenvalue weighted by Gasteiger charge is -2.12. The second-order valence-electron chi connectivity index (χ2n) is 2.97. The van der Waals surface area contributed by atoms with E-state index in [9.17, 15) is 9.70 Å². The fourth-order valence-corrected chi connectivity index (χ4v) is 1.31. The second kappa shape index (κ2) is 6.85. The minimum atomic E-state index is -0.511. The average Bonchev–Trinajstić information content (AvgIpc) is 2.34. The maximum absolute atomic E-state index is 11.4. The van der Waals surface area contributed by atoms with Crippen LogP contribution in [0.5, 0.6) is 0 Å². The van der Waals surface area contributed by atoms with Crippen LogP contribution in [0.2, 0.25) is 0 Å². The summed E-state index contributed by atoms with van der Waals surface area (Å²) >= 11 is 0. The standard InChI is InChI=1S/C9H13N4O2P/c14-9(13(12-15)5-6-16)11-7-8-3-1-2-4-10-8/h1-4H,5-7,16H2,(H,11,14). The molecule has 0 radical (unpaired) electrons. The van der Waals surface area contributed by atoms with Crippen LogP contribution in [0.15, 0.2) is 29.7 Å². The Labute approximate surface area is 95.6 Å². The van der Waals surface area contributed by atoms with Crippen LogP contribution in [-0.2, 0) is 6.54 Å². The second-order valence-corrected chi connectivity index (χ2v) is 3.55. The smallest absolute Gasteiger partial charge is 0.331 e. The third kappa shape index (κ3) is 3.90. The Balaban J connectivity index is 2.42. The number of carbonyl (C=O) groups excluding carboxylic acids is 1. The molecule has 1 aromatic rings. The lowest BCUT2D eigenvalue weighted by molar-refractivity contribution is 0.202. The summed E-state index contributed by atoms with van der Waals surface area (Å²) in [6.45, 7) is 0.560. The lowest BCUT2D eigenvalue weighted by atomic mass is 10.3. The van der Waals surface area contributed by atoms with Crippen molar-refractivity contribution in [2.45, 2.75) is 6.54 Å². The highest BCUT2D eigenvalue weighted by molar-refractivity contribution is 7.16. The van der Waals surface area contributed by atoms with Gasteiger partial charge in [0.05, 0.1) is 24.1 Å². The van der Waals surface area contributed by atoms with Gasteiger partial charge in [-0.05, 0) is 18.3 Å². The van der Waals surface area contributed by atoms with E-state index in [0.717, 1.165) is 10.7 Å². The summed E-state index contributed by atoms with van der Waals surface area (Å²) in [6.07, 6.45) is 2.24. The van der Waals surface area contributed by atoms with Crippen molar-refractivity contribution in [3.63, 3.8) is 0 Å². The number of nitrogens with one attached hydrogen (secondary N) is 1. The van der Waals surface area contributed by atoms with Gasteiger partial charge in [-0.25, -0.2) is 4.79 Å². The average molecular weight is 240 g/mol. The molecule has 0 aromatic carbocycles. The van der Waals surface area contributed by atoms with Crippen molar-refractivity contribution in [2.24, 2.45) is 5.29 Å². The number of pyridine rings is 1. The third-order valence-corrected chi connectivity index (χ3v) is 2.08. The zero-order valence-electron chi connectivity index (χ0n) is 8.67. The number of carbonyl (C=O) groups is 1. The summed E-state index contributed by atoms with van der Waals surface area (Å²) in [5, 5.41) is 6.03. The molecule has 7 heteroatoms. The number of aromatic nitrogens is 1. The van der Waals surface area contributed by atoms with Crippen molar-refractivity contribution in [3.8, 4) is 0 Å². The zero-order valence-corrected chi connectivity index (χ0v) is 9.82. The van der Waals surface area contributed by atoms with Gasteiger partial charge in [0.15, 0.2) is 0 Å². The first-order valence-corrected chi connectivity index (χ1v) is 5.58. The number of hydrogen-bond acceptors (Lipinski definition) is 4. The molecule has 0 fully saturated rings. The fourth-order valence-electron chi connectivity index (χ4n) is 1.06. The summed E-state index contributed by atoms with van der Waals surface area (Å²) in [6, 6.07) is 4.89. The number of urea groups is 1. The Kier molecular flexibility index (Phi) is 5.36. The summed E-state index contributed by atoms with van der Waals surface area (Å²) in [5.74, 6) is 0. The first kappa shape index (κ1) is 12.5. The fraction of sp³-hybridized carbons (Fsp3) is 0.333. The first-order chi connectivity index (χ1) is 7.77.